The Kier molecular flexibility index (Phi) is 10.3. The summed E-state index contributed by atoms with van der Waals surface area (Å²) in [6.07, 6.45) is 0.366. The van der Waals surface area contributed by atoms with Gasteiger partial charge >= 0.3 is 22.8 Å². The minimum absolute atomic E-state index is 0.148. The molecule has 0 aromatic heterocycles. The minimum atomic E-state index is -4.90. The molecule has 3 atom stereocenters. The lowest BCUT2D eigenvalue weighted by molar-refractivity contribution is 0.124. The first kappa shape index (κ1) is 25.4. The van der Waals surface area contributed by atoms with Gasteiger partial charge in [-0.25, -0.2) is 0 Å². The quantitative estimate of drug-likeness (QED) is 0.254. The van der Waals surface area contributed by atoms with Gasteiger partial charge in [0, 0.05) is 0 Å². The van der Waals surface area contributed by atoms with Gasteiger partial charge in [-0.1, -0.05) is 40.0 Å². The van der Waals surface area contributed by atoms with Gasteiger partial charge < -0.3 is 29.4 Å². The monoisotopic (exact) mass is 425 g/mol. The van der Waals surface area contributed by atoms with Crippen molar-refractivity contribution in [3.8, 4) is 0 Å². The molecule has 0 rings (SSSR count). The van der Waals surface area contributed by atoms with E-state index in [4.69, 9.17) is 0 Å². The average molecular weight is 425 g/mol. The van der Waals surface area contributed by atoms with E-state index in [0.29, 0.717) is 0 Å². The van der Waals surface area contributed by atoms with Gasteiger partial charge in [0.2, 0.25) is 0 Å². The zero-order chi connectivity index (χ0) is 20.1. The lowest BCUT2D eigenvalue weighted by atomic mass is 10.2. The number of hydrogen-bond donors (Lipinski definition) is 6. The van der Waals surface area contributed by atoms with Crippen LogP contribution >= 0.6 is 22.8 Å². The van der Waals surface area contributed by atoms with E-state index in [9.17, 15) is 43.1 Å². The molecule has 0 aliphatic heterocycles. The van der Waals surface area contributed by atoms with Crippen molar-refractivity contribution < 1.29 is 43.1 Å². The highest BCUT2D eigenvalue weighted by molar-refractivity contribution is 7.54. The predicted octanol–water partition coefficient (Wildman–Crippen LogP) is 2.20. The molecule has 0 amide bonds. The van der Waals surface area contributed by atoms with Crippen LogP contribution in [-0.2, 0) is 13.7 Å². The van der Waals surface area contributed by atoms with Gasteiger partial charge in [-0.2, -0.15) is 0 Å². The van der Waals surface area contributed by atoms with Gasteiger partial charge in [0.1, 0.15) is 17.3 Å². The highest BCUT2D eigenvalue weighted by Crippen LogP contribution is 2.58. The molecule has 0 aliphatic carbocycles. The van der Waals surface area contributed by atoms with Gasteiger partial charge in [0.05, 0.1) is 0 Å². The molecular formula is C12H30NO9P3. The minimum Gasteiger partial charge on any atom is -0.323 e. The van der Waals surface area contributed by atoms with Crippen LogP contribution in [0.4, 0.5) is 0 Å². The van der Waals surface area contributed by atoms with Gasteiger partial charge in [-0.3, -0.25) is 18.6 Å². The van der Waals surface area contributed by atoms with E-state index < -0.39 is 40.1 Å². The molecule has 6 N–H and O–H groups in total. The third-order valence-electron chi connectivity index (χ3n) is 3.84. The Morgan fingerprint density at radius 1 is 0.600 bits per heavy atom. The van der Waals surface area contributed by atoms with E-state index in [2.05, 4.69) is 0 Å². The summed E-state index contributed by atoms with van der Waals surface area (Å²) >= 11 is 0. The van der Waals surface area contributed by atoms with E-state index in [1.165, 1.54) is 0 Å². The molecule has 0 saturated carbocycles. The van der Waals surface area contributed by atoms with E-state index in [0.717, 1.165) is 4.90 Å². The van der Waals surface area contributed by atoms with E-state index in [1.54, 1.807) is 20.8 Å². The predicted molar refractivity (Wildman–Crippen MR) is 94.1 cm³/mol. The van der Waals surface area contributed by atoms with Crippen molar-refractivity contribution in [1.82, 2.24) is 4.90 Å². The molecule has 0 heterocycles. The Balaban J connectivity index is 6.47. The number of rotatable bonds is 12. The molecule has 25 heavy (non-hydrogen) atoms. The summed E-state index contributed by atoms with van der Waals surface area (Å²) < 4.78 is 35.9. The molecule has 0 spiro atoms. The molecule has 13 heteroatoms. The summed E-state index contributed by atoms with van der Waals surface area (Å²) in [6, 6.07) is 0. The molecule has 0 radical (unpaired) electrons. The first-order valence-corrected chi connectivity index (χ1v) is 13.2. The fraction of sp³-hybridized carbons (Fsp3) is 1.00. The highest BCUT2D eigenvalue weighted by atomic mass is 31.2. The summed E-state index contributed by atoms with van der Waals surface area (Å²) in [6.45, 7) is 4.87. The second kappa shape index (κ2) is 10.1. The third-order valence-corrected chi connectivity index (χ3v) is 7.74. The number of hydrogen-bond acceptors (Lipinski definition) is 4. The van der Waals surface area contributed by atoms with Crippen molar-refractivity contribution in [2.24, 2.45) is 0 Å². The molecule has 0 fully saturated rings. The second-order valence-corrected chi connectivity index (χ2v) is 11.3. The Morgan fingerprint density at radius 2 is 0.800 bits per heavy atom. The summed E-state index contributed by atoms with van der Waals surface area (Å²) in [5, 5.41) is 0. The average Bonchev–Trinajstić information content (AvgIpc) is 2.40. The SMILES string of the molecule is CCCC(N(C(CCC)P(=O)(O)O)C(CCC)P(=O)(O)O)P(=O)(O)O. The maximum atomic E-state index is 12.0. The van der Waals surface area contributed by atoms with Crippen molar-refractivity contribution in [2.45, 2.75) is 76.6 Å². The Morgan fingerprint density at radius 3 is 0.920 bits per heavy atom. The van der Waals surface area contributed by atoms with Crippen LogP contribution in [0.25, 0.3) is 0 Å². The highest BCUT2D eigenvalue weighted by Gasteiger charge is 2.50. The Labute approximate surface area is 148 Å². The Hall–Kier alpha value is 0.410. The van der Waals surface area contributed by atoms with Crippen LogP contribution in [0, 0.1) is 0 Å². The van der Waals surface area contributed by atoms with Crippen molar-refractivity contribution in [2.75, 3.05) is 0 Å². The van der Waals surface area contributed by atoms with Crippen molar-refractivity contribution in [3.05, 3.63) is 0 Å². The van der Waals surface area contributed by atoms with E-state index >= 15 is 0 Å². The van der Waals surface area contributed by atoms with Crippen LogP contribution in [-0.4, -0.2) is 51.6 Å². The lowest BCUT2D eigenvalue weighted by Gasteiger charge is -2.43. The topological polar surface area (TPSA) is 176 Å². The van der Waals surface area contributed by atoms with Crippen molar-refractivity contribution in [1.29, 1.82) is 0 Å². The van der Waals surface area contributed by atoms with Crippen LogP contribution in [0.15, 0.2) is 0 Å². The van der Waals surface area contributed by atoms with Crippen LogP contribution in [0.3, 0.4) is 0 Å². The summed E-state index contributed by atoms with van der Waals surface area (Å²) in [7, 11) is -14.7. The molecule has 0 saturated heterocycles. The van der Waals surface area contributed by atoms with Crippen LogP contribution in [0.1, 0.15) is 59.3 Å². The zero-order valence-corrected chi connectivity index (χ0v) is 17.4. The molecule has 0 aromatic rings. The van der Waals surface area contributed by atoms with Gasteiger partial charge in [-0.15, -0.1) is 0 Å². The Bertz CT molecular complexity index is 464. The largest absolute Gasteiger partial charge is 0.342 e. The van der Waals surface area contributed by atoms with Gasteiger partial charge in [-0.05, 0) is 19.3 Å². The fourth-order valence-corrected chi connectivity index (χ4v) is 6.95. The fourth-order valence-electron chi connectivity index (χ4n) is 2.84. The second-order valence-electron chi connectivity index (χ2n) is 6.02. The van der Waals surface area contributed by atoms with Gasteiger partial charge in [0.25, 0.3) is 0 Å². The van der Waals surface area contributed by atoms with E-state index in [-0.39, 0.29) is 38.5 Å². The standard InChI is InChI=1S/C12H30NO9P3/c1-4-7-10(23(14,15)16)13(11(8-5-2)24(17,18)19)12(9-6-3)25(20,21)22/h10-12H,4-9H2,1-3H3,(H2,14,15,16)(H2,17,18,19)(H2,20,21,22). The summed E-state index contributed by atoms with van der Waals surface area (Å²) in [4.78, 5) is 59.0. The molecule has 0 aliphatic rings. The maximum absolute atomic E-state index is 12.0. The number of nitrogens with zero attached hydrogens (tertiary/aromatic N) is 1. The first-order valence-electron chi connectivity index (χ1n) is 8.14. The van der Waals surface area contributed by atoms with Crippen molar-refractivity contribution >= 4 is 22.8 Å². The third kappa shape index (κ3) is 7.89. The molecule has 10 nitrogen and oxygen atoms in total. The van der Waals surface area contributed by atoms with E-state index in [1.807, 2.05) is 0 Å². The molecular weight excluding hydrogens is 395 g/mol. The zero-order valence-electron chi connectivity index (χ0n) is 14.7. The molecule has 152 valence electrons. The molecule has 3 unspecified atom stereocenters. The summed E-state index contributed by atoms with van der Waals surface area (Å²) in [5.41, 5.74) is 0. The van der Waals surface area contributed by atoms with Crippen LogP contribution in [0.5, 0.6) is 0 Å². The molecule has 0 bridgehead atoms. The maximum Gasteiger partial charge on any atom is 0.342 e. The molecule has 0 aromatic carbocycles. The normalized spacial score (nSPS) is 17.5. The summed E-state index contributed by atoms with van der Waals surface area (Å²) in [5.74, 6) is -5.03. The van der Waals surface area contributed by atoms with Crippen molar-refractivity contribution in [3.63, 3.8) is 0 Å². The lowest BCUT2D eigenvalue weighted by Crippen LogP contribution is -2.49. The first-order chi connectivity index (χ1) is 11.2. The van der Waals surface area contributed by atoms with Crippen LogP contribution < -0.4 is 0 Å². The van der Waals surface area contributed by atoms with Gasteiger partial charge in [0.15, 0.2) is 0 Å². The van der Waals surface area contributed by atoms with Crippen LogP contribution in [0.2, 0.25) is 0 Å². The smallest absolute Gasteiger partial charge is 0.323 e.